The van der Waals surface area contributed by atoms with Crippen LogP contribution in [-0.4, -0.2) is 50.5 Å². The SMILES string of the molecule is CC(N)c1ccc([C@@H](NC(=O)[C@@H]2C[C@@H](F)CN2C(=O)Cn2nncc2C(F)(F)F)c2ccccc2)cc1F. The fraction of sp³-hybridized carbons (Fsp3) is 0.360. The third kappa shape index (κ3) is 5.82. The van der Waals surface area contributed by atoms with E-state index in [1.54, 1.807) is 43.3 Å². The van der Waals surface area contributed by atoms with Gasteiger partial charge < -0.3 is 16.0 Å². The molecule has 4 rings (SSSR count). The first kappa shape index (κ1) is 27.2. The second-order valence-corrected chi connectivity index (χ2v) is 9.09. The summed E-state index contributed by atoms with van der Waals surface area (Å²) < 4.78 is 69.0. The summed E-state index contributed by atoms with van der Waals surface area (Å²) >= 11 is 0. The molecule has 1 aliphatic heterocycles. The van der Waals surface area contributed by atoms with Crippen LogP contribution >= 0.6 is 0 Å². The summed E-state index contributed by atoms with van der Waals surface area (Å²) in [5.74, 6) is -2.23. The molecule has 0 saturated carbocycles. The topological polar surface area (TPSA) is 106 Å². The molecule has 3 aromatic rings. The van der Waals surface area contributed by atoms with E-state index in [2.05, 4.69) is 15.6 Å². The number of nitrogens with one attached hydrogen (secondary N) is 1. The summed E-state index contributed by atoms with van der Waals surface area (Å²) in [5, 5.41) is 9.25. The molecular formula is C25H25F5N6O2. The molecule has 1 unspecified atom stereocenters. The van der Waals surface area contributed by atoms with Crippen LogP contribution in [0.4, 0.5) is 22.0 Å². The quantitative estimate of drug-likeness (QED) is 0.451. The highest BCUT2D eigenvalue weighted by Gasteiger charge is 2.42. The maximum absolute atomic E-state index is 14.7. The van der Waals surface area contributed by atoms with Gasteiger partial charge in [-0.25, -0.2) is 13.5 Å². The lowest BCUT2D eigenvalue weighted by atomic mass is 9.95. The number of amides is 2. The summed E-state index contributed by atoms with van der Waals surface area (Å²) in [6.07, 6.45) is -6.24. The normalized spacial score (nSPS) is 19.3. The van der Waals surface area contributed by atoms with Crippen molar-refractivity contribution in [3.05, 3.63) is 82.9 Å². The molecule has 1 fully saturated rings. The Balaban J connectivity index is 1.58. The zero-order valence-electron chi connectivity index (χ0n) is 20.2. The molecule has 0 bridgehead atoms. The molecule has 3 N–H and O–H groups in total. The van der Waals surface area contributed by atoms with Crippen LogP contribution in [0.15, 0.2) is 54.7 Å². The minimum atomic E-state index is -4.80. The Kier molecular flexibility index (Phi) is 7.76. The van der Waals surface area contributed by atoms with E-state index in [-0.39, 0.29) is 12.0 Å². The highest BCUT2D eigenvalue weighted by atomic mass is 19.4. The number of carbonyl (C=O) groups is 2. The van der Waals surface area contributed by atoms with Gasteiger partial charge in [-0.15, -0.1) is 5.10 Å². The molecule has 2 amide bonds. The van der Waals surface area contributed by atoms with Crippen molar-refractivity contribution in [3.63, 3.8) is 0 Å². The van der Waals surface area contributed by atoms with E-state index in [0.29, 0.717) is 22.0 Å². The third-order valence-corrected chi connectivity index (χ3v) is 6.33. The van der Waals surface area contributed by atoms with Crippen LogP contribution < -0.4 is 11.1 Å². The highest BCUT2D eigenvalue weighted by Crippen LogP contribution is 2.30. The number of benzene rings is 2. The lowest BCUT2D eigenvalue weighted by Crippen LogP contribution is -2.48. The lowest BCUT2D eigenvalue weighted by molar-refractivity contribution is -0.147. The van der Waals surface area contributed by atoms with Crippen LogP contribution in [-0.2, 0) is 22.3 Å². The Morgan fingerprint density at radius 3 is 2.50 bits per heavy atom. The summed E-state index contributed by atoms with van der Waals surface area (Å²) in [7, 11) is 0. The van der Waals surface area contributed by atoms with E-state index in [1.165, 1.54) is 12.1 Å². The van der Waals surface area contributed by atoms with Gasteiger partial charge in [-0.3, -0.25) is 9.59 Å². The number of hydrogen-bond acceptors (Lipinski definition) is 5. The van der Waals surface area contributed by atoms with Gasteiger partial charge in [0.25, 0.3) is 0 Å². The fourth-order valence-corrected chi connectivity index (χ4v) is 4.46. The summed E-state index contributed by atoms with van der Waals surface area (Å²) in [6, 6.07) is 10.3. The molecule has 38 heavy (non-hydrogen) atoms. The number of rotatable bonds is 7. The van der Waals surface area contributed by atoms with Gasteiger partial charge in [0.15, 0.2) is 5.69 Å². The second kappa shape index (κ2) is 10.9. The minimum absolute atomic E-state index is 0.283. The number of nitrogens with zero attached hydrogens (tertiary/aromatic N) is 4. The van der Waals surface area contributed by atoms with Crippen molar-refractivity contribution in [1.29, 1.82) is 0 Å². The third-order valence-electron chi connectivity index (χ3n) is 6.33. The molecule has 1 aliphatic rings. The summed E-state index contributed by atoms with van der Waals surface area (Å²) in [5.41, 5.74) is 5.82. The van der Waals surface area contributed by atoms with Gasteiger partial charge >= 0.3 is 6.18 Å². The number of alkyl halides is 4. The summed E-state index contributed by atoms with van der Waals surface area (Å²) in [6.45, 7) is 0.280. The van der Waals surface area contributed by atoms with E-state index in [4.69, 9.17) is 5.73 Å². The molecule has 1 aromatic heterocycles. The zero-order valence-corrected chi connectivity index (χ0v) is 20.2. The maximum atomic E-state index is 14.7. The molecule has 2 heterocycles. The molecule has 0 spiro atoms. The molecule has 8 nitrogen and oxygen atoms in total. The standard InChI is InChI=1S/C25H25F5N6O2/c1-14(31)18-8-7-16(9-19(18)27)23(15-5-3-2-4-6-15)33-24(38)20-10-17(26)12-35(20)22(37)13-36-21(11-32-34-36)25(28,29)30/h2-9,11,14,17,20,23H,10,12-13,31H2,1H3,(H,33,38)/t14?,17-,20+,23+/m1/s1. The molecule has 1 saturated heterocycles. The first-order chi connectivity index (χ1) is 18.0. The minimum Gasteiger partial charge on any atom is -0.343 e. The van der Waals surface area contributed by atoms with E-state index >= 15 is 0 Å². The number of aromatic nitrogens is 3. The Hall–Kier alpha value is -3.87. The number of hydrogen-bond donors (Lipinski definition) is 2. The van der Waals surface area contributed by atoms with Crippen LogP contribution in [0.5, 0.6) is 0 Å². The van der Waals surface area contributed by atoms with E-state index in [1.807, 2.05) is 0 Å². The van der Waals surface area contributed by atoms with Gasteiger partial charge in [0, 0.05) is 18.0 Å². The van der Waals surface area contributed by atoms with Crippen molar-refractivity contribution in [2.45, 2.75) is 50.4 Å². The number of likely N-dealkylation sites (tertiary alicyclic amines) is 1. The number of nitrogens with two attached hydrogens (primary N) is 1. The molecular weight excluding hydrogens is 511 g/mol. The fourth-order valence-electron chi connectivity index (χ4n) is 4.46. The molecule has 202 valence electrons. The van der Waals surface area contributed by atoms with Gasteiger partial charge in [-0.2, -0.15) is 13.2 Å². The Morgan fingerprint density at radius 2 is 1.87 bits per heavy atom. The maximum Gasteiger partial charge on any atom is 0.434 e. The Morgan fingerprint density at radius 1 is 1.16 bits per heavy atom. The molecule has 0 aliphatic carbocycles. The van der Waals surface area contributed by atoms with Crippen LogP contribution in [0.3, 0.4) is 0 Å². The van der Waals surface area contributed by atoms with Gasteiger partial charge in [0.05, 0.1) is 18.8 Å². The second-order valence-electron chi connectivity index (χ2n) is 9.09. The van der Waals surface area contributed by atoms with Crippen molar-refractivity contribution in [1.82, 2.24) is 25.2 Å². The smallest absolute Gasteiger partial charge is 0.343 e. The summed E-state index contributed by atoms with van der Waals surface area (Å²) in [4.78, 5) is 27.1. The van der Waals surface area contributed by atoms with Gasteiger partial charge in [0.1, 0.15) is 24.6 Å². The monoisotopic (exact) mass is 536 g/mol. The average molecular weight is 537 g/mol. The van der Waals surface area contributed by atoms with Gasteiger partial charge in [-0.05, 0) is 24.1 Å². The average Bonchev–Trinajstić information content (AvgIpc) is 3.49. The van der Waals surface area contributed by atoms with Crippen LogP contribution in [0.1, 0.15) is 47.8 Å². The highest BCUT2D eigenvalue weighted by molar-refractivity contribution is 5.89. The van der Waals surface area contributed by atoms with E-state index in [0.717, 1.165) is 4.90 Å². The van der Waals surface area contributed by atoms with Crippen molar-refractivity contribution in [2.24, 2.45) is 5.73 Å². The van der Waals surface area contributed by atoms with Crippen molar-refractivity contribution in [2.75, 3.05) is 6.54 Å². The van der Waals surface area contributed by atoms with Crippen molar-refractivity contribution >= 4 is 11.8 Å². The van der Waals surface area contributed by atoms with E-state index < -0.39 is 66.9 Å². The molecule has 13 heteroatoms. The molecule has 0 radical (unpaired) electrons. The van der Waals surface area contributed by atoms with Gasteiger partial charge in [0.2, 0.25) is 11.8 Å². The first-order valence-electron chi connectivity index (χ1n) is 11.7. The number of halogens is 5. The molecule has 4 atom stereocenters. The Bertz CT molecular complexity index is 1300. The van der Waals surface area contributed by atoms with Crippen molar-refractivity contribution < 1.29 is 31.5 Å². The zero-order chi connectivity index (χ0) is 27.6. The predicted molar refractivity (Wildman–Crippen MR) is 125 cm³/mol. The lowest BCUT2D eigenvalue weighted by Gasteiger charge is -2.27. The van der Waals surface area contributed by atoms with Crippen LogP contribution in [0.25, 0.3) is 0 Å². The van der Waals surface area contributed by atoms with Crippen LogP contribution in [0.2, 0.25) is 0 Å². The Labute approximate surface area is 214 Å². The number of carbonyl (C=O) groups excluding carboxylic acids is 2. The van der Waals surface area contributed by atoms with Crippen LogP contribution in [0, 0.1) is 5.82 Å². The van der Waals surface area contributed by atoms with E-state index in [9.17, 15) is 31.5 Å². The molecule has 2 aromatic carbocycles. The van der Waals surface area contributed by atoms with Gasteiger partial charge in [-0.1, -0.05) is 47.7 Å². The first-order valence-corrected chi connectivity index (χ1v) is 11.7. The van der Waals surface area contributed by atoms with Crippen molar-refractivity contribution in [3.8, 4) is 0 Å². The predicted octanol–water partition coefficient (Wildman–Crippen LogP) is 3.30. The largest absolute Gasteiger partial charge is 0.434 e.